The molecule has 0 bridgehead atoms. The average molecular weight is 135 g/mol. The smallest absolute Gasteiger partial charge is 0.00238 e. The highest BCUT2D eigenvalue weighted by atomic mass is 32.2. The van der Waals surface area contributed by atoms with Gasteiger partial charge in [-0.25, -0.2) is 0 Å². The number of hydrogen-bond acceptors (Lipinski definition) is 2. The fraction of sp³-hybridized carbons (Fsp3) is 0.800. The molecule has 0 unspecified atom stereocenters. The van der Waals surface area contributed by atoms with E-state index in [1.807, 2.05) is 11.8 Å². The molecule has 0 rings (SSSR count). The summed E-state index contributed by atoms with van der Waals surface area (Å²) in [7, 11) is 0. The van der Waals surface area contributed by atoms with Crippen LogP contribution < -0.4 is 0 Å². The third-order valence-electron chi connectivity index (χ3n) is 0.576. The zero-order valence-corrected chi connectivity index (χ0v) is 6.28. The van der Waals surface area contributed by atoms with Crippen LogP contribution in [0.1, 0.15) is 6.92 Å². The Bertz CT molecular complexity index is 25.3. The number of hydrogen-bond donors (Lipinski definition) is 0. The quantitative estimate of drug-likeness (QED) is 0.542. The minimum Gasteiger partial charge on any atom is -0.161 e. The molecule has 0 heterocycles. The molecule has 0 amide bonds. The van der Waals surface area contributed by atoms with Gasteiger partial charge in [-0.05, 0) is 5.75 Å². The highest BCUT2D eigenvalue weighted by Gasteiger charge is 1.80. The van der Waals surface area contributed by atoms with Crippen LogP contribution in [0.15, 0.2) is 0 Å². The van der Waals surface area contributed by atoms with Gasteiger partial charge in [0.1, 0.15) is 0 Å². The lowest BCUT2D eigenvalue weighted by Gasteiger charge is -1.91. The molecule has 0 aromatic heterocycles. The van der Waals surface area contributed by atoms with Gasteiger partial charge in [-0.15, -0.1) is 0 Å². The van der Waals surface area contributed by atoms with Gasteiger partial charge in [0.15, 0.2) is 0 Å². The Hall–Kier alpha value is 0.700. The normalized spacial score (nSPS) is 9.43. The van der Waals surface area contributed by atoms with Crippen LogP contribution >= 0.6 is 23.5 Å². The summed E-state index contributed by atoms with van der Waals surface area (Å²) in [4.78, 5) is 0. The van der Waals surface area contributed by atoms with Crippen molar-refractivity contribution in [2.75, 3.05) is 17.3 Å². The second-order valence-corrected chi connectivity index (χ2v) is 3.32. The van der Waals surface area contributed by atoms with Gasteiger partial charge in [0.25, 0.3) is 0 Å². The zero-order chi connectivity index (χ0) is 5.54. The van der Waals surface area contributed by atoms with Crippen LogP contribution in [0.2, 0.25) is 0 Å². The van der Waals surface area contributed by atoms with Gasteiger partial charge in [0.2, 0.25) is 0 Å². The van der Waals surface area contributed by atoms with E-state index < -0.39 is 0 Å². The molecule has 0 spiro atoms. The Kier molecular flexibility index (Phi) is 7.37. The third-order valence-corrected chi connectivity index (χ3v) is 2.23. The van der Waals surface area contributed by atoms with Crippen LogP contribution in [-0.4, -0.2) is 17.3 Å². The number of thioether (sulfide) groups is 2. The lowest BCUT2D eigenvalue weighted by atomic mass is 10.9. The van der Waals surface area contributed by atoms with E-state index in [-0.39, 0.29) is 0 Å². The van der Waals surface area contributed by atoms with Crippen LogP contribution in [-0.2, 0) is 0 Å². The summed E-state index contributed by atoms with van der Waals surface area (Å²) in [5.41, 5.74) is 0. The van der Waals surface area contributed by atoms with Crippen LogP contribution in [0, 0.1) is 6.26 Å². The summed E-state index contributed by atoms with van der Waals surface area (Å²) in [5, 5.41) is 0. The Morgan fingerprint density at radius 3 is 2.57 bits per heavy atom. The molecule has 0 aliphatic carbocycles. The molecule has 0 aliphatic heterocycles. The molecule has 0 saturated carbocycles. The second kappa shape index (κ2) is 6.70. The lowest BCUT2D eigenvalue weighted by Crippen LogP contribution is -1.80. The number of rotatable bonds is 4. The molecule has 2 heteroatoms. The fourth-order valence-electron chi connectivity index (χ4n) is 0.262. The van der Waals surface area contributed by atoms with Crippen LogP contribution in [0.3, 0.4) is 0 Å². The summed E-state index contributed by atoms with van der Waals surface area (Å²) in [5.74, 6) is 3.68. The molecule has 0 aliphatic rings. The summed E-state index contributed by atoms with van der Waals surface area (Å²) in [6.07, 6.45) is 3.66. The molecular formula is C5H11S2. The first-order valence-corrected chi connectivity index (χ1v) is 4.67. The topological polar surface area (TPSA) is 0 Å². The summed E-state index contributed by atoms with van der Waals surface area (Å²) < 4.78 is 0. The maximum absolute atomic E-state index is 3.66. The minimum atomic E-state index is 1.19. The fourth-order valence-corrected chi connectivity index (χ4v) is 1.49. The van der Waals surface area contributed by atoms with Gasteiger partial charge < -0.3 is 0 Å². The van der Waals surface area contributed by atoms with Gasteiger partial charge >= 0.3 is 0 Å². The Balaban J connectivity index is 2.45. The van der Waals surface area contributed by atoms with E-state index in [9.17, 15) is 0 Å². The molecular weight excluding hydrogens is 124 g/mol. The minimum absolute atomic E-state index is 1.19. The van der Waals surface area contributed by atoms with Crippen molar-refractivity contribution in [3.05, 3.63) is 6.26 Å². The molecule has 43 valence electrons. The molecule has 0 saturated heterocycles. The predicted molar refractivity (Wildman–Crippen MR) is 40.8 cm³/mol. The zero-order valence-electron chi connectivity index (χ0n) is 4.64. The van der Waals surface area contributed by atoms with Gasteiger partial charge in [0, 0.05) is 17.8 Å². The van der Waals surface area contributed by atoms with Crippen molar-refractivity contribution in [3.63, 3.8) is 0 Å². The largest absolute Gasteiger partial charge is 0.161 e. The molecule has 0 fully saturated rings. The summed E-state index contributed by atoms with van der Waals surface area (Å²) in [6, 6.07) is 0. The first-order chi connectivity index (χ1) is 3.41. The molecule has 0 N–H and O–H groups in total. The Morgan fingerprint density at radius 2 is 2.14 bits per heavy atom. The van der Waals surface area contributed by atoms with E-state index in [2.05, 4.69) is 13.2 Å². The first-order valence-electron chi connectivity index (χ1n) is 2.36. The van der Waals surface area contributed by atoms with Crippen LogP contribution in [0.5, 0.6) is 0 Å². The van der Waals surface area contributed by atoms with E-state index in [1.165, 1.54) is 17.3 Å². The maximum atomic E-state index is 3.66. The third kappa shape index (κ3) is 6.70. The van der Waals surface area contributed by atoms with Crippen molar-refractivity contribution in [2.45, 2.75) is 6.92 Å². The maximum Gasteiger partial charge on any atom is 0.00238 e. The van der Waals surface area contributed by atoms with E-state index >= 15 is 0 Å². The first kappa shape index (κ1) is 7.70. The van der Waals surface area contributed by atoms with E-state index in [1.54, 1.807) is 11.8 Å². The second-order valence-electron chi connectivity index (χ2n) is 1.11. The van der Waals surface area contributed by atoms with Gasteiger partial charge in [-0.3, -0.25) is 0 Å². The molecule has 7 heavy (non-hydrogen) atoms. The van der Waals surface area contributed by atoms with Crippen molar-refractivity contribution in [2.24, 2.45) is 0 Å². The SMILES string of the molecule is [CH2]SCCSCC. The van der Waals surface area contributed by atoms with E-state index in [0.29, 0.717) is 0 Å². The molecule has 0 aromatic rings. The van der Waals surface area contributed by atoms with Crippen LogP contribution in [0.25, 0.3) is 0 Å². The Morgan fingerprint density at radius 1 is 1.43 bits per heavy atom. The van der Waals surface area contributed by atoms with Crippen LogP contribution in [0.4, 0.5) is 0 Å². The van der Waals surface area contributed by atoms with Crippen molar-refractivity contribution in [1.82, 2.24) is 0 Å². The standard InChI is InChI=1S/C5H11S2/c1-3-7-5-4-6-2/h2-5H2,1H3. The van der Waals surface area contributed by atoms with Crippen molar-refractivity contribution >= 4 is 23.5 Å². The monoisotopic (exact) mass is 135 g/mol. The predicted octanol–water partition coefficient (Wildman–Crippen LogP) is 2.26. The Labute approximate surface area is 54.4 Å². The van der Waals surface area contributed by atoms with Crippen molar-refractivity contribution in [1.29, 1.82) is 0 Å². The van der Waals surface area contributed by atoms with Crippen molar-refractivity contribution in [3.8, 4) is 0 Å². The average Bonchev–Trinajstić information content (AvgIpc) is 1.69. The van der Waals surface area contributed by atoms with E-state index in [4.69, 9.17) is 0 Å². The lowest BCUT2D eigenvalue weighted by molar-refractivity contribution is 1.48. The van der Waals surface area contributed by atoms with Gasteiger partial charge in [0.05, 0.1) is 0 Å². The van der Waals surface area contributed by atoms with Gasteiger partial charge in [-0.1, -0.05) is 6.92 Å². The summed E-state index contributed by atoms with van der Waals surface area (Å²) in [6.45, 7) is 2.18. The summed E-state index contributed by atoms with van der Waals surface area (Å²) >= 11 is 3.64. The molecule has 0 atom stereocenters. The molecule has 0 nitrogen and oxygen atoms in total. The highest BCUT2D eigenvalue weighted by molar-refractivity contribution is 8.03. The van der Waals surface area contributed by atoms with Crippen molar-refractivity contribution < 1.29 is 0 Å². The van der Waals surface area contributed by atoms with Gasteiger partial charge in [-0.2, -0.15) is 23.5 Å². The molecule has 0 aromatic carbocycles. The molecule has 1 radical (unpaired) electrons. The highest BCUT2D eigenvalue weighted by Crippen LogP contribution is 2.02. The van der Waals surface area contributed by atoms with E-state index in [0.717, 1.165) is 0 Å².